The van der Waals surface area contributed by atoms with Crippen LogP contribution in [0.3, 0.4) is 0 Å². The van der Waals surface area contributed by atoms with Gasteiger partial charge in [0.1, 0.15) is 0 Å². The van der Waals surface area contributed by atoms with Crippen LogP contribution < -0.4 is 21.1 Å². The van der Waals surface area contributed by atoms with E-state index in [0.717, 1.165) is 98.1 Å². The maximum atomic E-state index is 13.7. The van der Waals surface area contributed by atoms with Crippen molar-refractivity contribution in [3.63, 3.8) is 0 Å². The fourth-order valence-electron chi connectivity index (χ4n) is 5.90. The molecule has 2 aliphatic heterocycles. The Morgan fingerprint density at radius 1 is 1.10 bits per heavy atom. The van der Waals surface area contributed by atoms with Crippen molar-refractivity contribution in [3.8, 4) is 11.1 Å². The first-order chi connectivity index (χ1) is 19.8. The summed E-state index contributed by atoms with van der Waals surface area (Å²) in [4.78, 5) is 38.5. The summed E-state index contributed by atoms with van der Waals surface area (Å²) >= 11 is 0. The van der Waals surface area contributed by atoms with Crippen molar-refractivity contribution in [1.82, 2.24) is 25.5 Å². The number of hydrogen-bond donors (Lipinski definition) is 3. The number of amides is 1. The molecule has 0 bridgehead atoms. The second-order valence-corrected chi connectivity index (χ2v) is 11.3. The van der Waals surface area contributed by atoms with Crippen molar-refractivity contribution in [3.05, 3.63) is 80.5 Å². The SMILES string of the molecule is Cc1cc(C)c(CNC(=O)c2cc(-c3ccc(CN4CCOCC4)nc3)cc(N(C)C3CCNCC3)c2C)c(=O)[nH]1. The van der Waals surface area contributed by atoms with Gasteiger partial charge in [0.25, 0.3) is 11.5 Å². The fourth-order valence-corrected chi connectivity index (χ4v) is 5.90. The molecule has 9 heteroatoms. The van der Waals surface area contributed by atoms with E-state index in [1.54, 1.807) is 0 Å². The van der Waals surface area contributed by atoms with Gasteiger partial charge in [0.2, 0.25) is 0 Å². The molecule has 218 valence electrons. The molecule has 0 aliphatic carbocycles. The molecular formula is C32H42N6O3. The number of pyridine rings is 2. The van der Waals surface area contributed by atoms with Crippen LogP contribution in [0.15, 0.2) is 41.3 Å². The Balaban J connectivity index is 1.44. The molecule has 2 fully saturated rings. The predicted molar refractivity (Wildman–Crippen MR) is 163 cm³/mol. The third kappa shape index (κ3) is 6.86. The van der Waals surface area contributed by atoms with Gasteiger partial charge in [0, 0.05) is 73.5 Å². The summed E-state index contributed by atoms with van der Waals surface area (Å²) in [5.74, 6) is -0.194. The van der Waals surface area contributed by atoms with Gasteiger partial charge in [-0.3, -0.25) is 19.5 Å². The van der Waals surface area contributed by atoms with E-state index < -0.39 is 0 Å². The van der Waals surface area contributed by atoms with Crippen LogP contribution >= 0.6 is 0 Å². The Bertz CT molecular complexity index is 1420. The van der Waals surface area contributed by atoms with Crippen molar-refractivity contribution >= 4 is 11.6 Å². The van der Waals surface area contributed by atoms with Crippen LogP contribution in [0.25, 0.3) is 11.1 Å². The number of aromatic nitrogens is 2. The maximum absolute atomic E-state index is 13.7. The molecule has 2 saturated heterocycles. The van der Waals surface area contributed by atoms with Gasteiger partial charge >= 0.3 is 0 Å². The lowest BCUT2D eigenvalue weighted by Gasteiger charge is -2.35. The van der Waals surface area contributed by atoms with E-state index in [0.29, 0.717) is 17.2 Å². The number of anilines is 1. The largest absolute Gasteiger partial charge is 0.379 e. The Hall–Kier alpha value is -3.53. The molecule has 41 heavy (non-hydrogen) atoms. The van der Waals surface area contributed by atoms with Crippen LogP contribution in [0, 0.1) is 20.8 Å². The Labute approximate surface area is 242 Å². The molecule has 2 aliphatic rings. The van der Waals surface area contributed by atoms with E-state index in [1.807, 2.05) is 39.1 Å². The van der Waals surface area contributed by atoms with Gasteiger partial charge in [-0.05, 0) is 87.7 Å². The fraction of sp³-hybridized carbons (Fsp3) is 0.469. The number of carbonyl (C=O) groups is 1. The number of aryl methyl sites for hydroxylation is 2. The van der Waals surface area contributed by atoms with Gasteiger partial charge in [0.05, 0.1) is 18.9 Å². The zero-order valence-corrected chi connectivity index (χ0v) is 24.7. The molecule has 0 radical (unpaired) electrons. The molecule has 0 saturated carbocycles. The van der Waals surface area contributed by atoms with Crippen LogP contribution in [0.2, 0.25) is 0 Å². The standard InChI is InChI=1S/C32H42N6O3/c1-21-15-22(2)36-32(40)29(21)19-35-31(39)28-16-25(17-30(23(28)3)37(4)27-7-9-33-10-8-27)24-5-6-26(34-18-24)20-38-11-13-41-14-12-38/h5-6,15-18,27,33H,7-14,19-20H2,1-4H3,(H,35,39)(H,36,40). The van der Waals surface area contributed by atoms with E-state index in [4.69, 9.17) is 9.72 Å². The maximum Gasteiger partial charge on any atom is 0.253 e. The highest BCUT2D eigenvalue weighted by molar-refractivity contribution is 5.98. The molecule has 3 N–H and O–H groups in total. The zero-order chi connectivity index (χ0) is 28.9. The number of carbonyl (C=O) groups excluding carboxylic acids is 1. The highest BCUT2D eigenvalue weighted by Gasteiger charge is 2.23. The molecule has 1 amide bonds. The molecule has 0 unspecified atom stereocenters. The summed E-state index contributed by atoms with van der Waals surface area (Å²) in [6.45, 7) is 12.1. The van der Waals surface area contributed by atoms with E-state index in [-0.39, 0.29) is 18.0 Å². The van der Waals surface area contributed by atoms with Crippen molar-refractivity contribution in [2.45, 2.75) is 52.7 Å². The number of morpholine rings is 1. The summed E-state index contributed by atoms with van der Waals surface area (Å²) < 4.78 is 5.47. The normalized spacial score (nSPS) is 16.5. The molecule has 2 aromatic heterocycles. The summed E-state index contributed by atoms with van der Waals surface area (Å²) in [6, 6.07) is 10.6. The first-order valence-corrected chi connectivity index (χ1v) is 14.6. The minimum atomic E-state index is -0.194. The molecule has 1 aromatic carbocycles. The quantitative estimate of drug-likeness (QED) is 0.390. The number of piperidine rings is 1. The van der Waals surface area contributed by atoms with Crippen LogP contribution in [0.4, 0.5) is 5.69 Å². The number of hydrogen-bond acceptors (Lipinski definition) is 7. The smallest absolute Gasteiger partial charge is 0.253 e. The average Bonchev–Trinajstić information content (AvgIpc) is 2.97. The van der Waals surface area contributed by atoms with Gasteiger partial charge < -0.3 is 25.3 Å². The van der Waals surface area contributed by atoms with Crippen molar-refractivity contribution in [2.24, 2.45) is 0 Å². The minimum Gasteiger partial charge on any atom is -0.379 e. The topological polar surface area (TPSA) is 103 Å². The number of nitrogens with zero attached hydrogens (tertiary/aromatic N) is 3. The first kappa shape index (κ1) is 29.0. The summed E-state index contributed by atoms with van der Waals surface area (Å²) in [6.07, 6.45) is 4.01. The lowest BCUT2D eigenvalue weighted by Crippen LogP contribution is -2.41. The molecule has 3 aromatic rings. The summed E-state index contributed by atoms with van der Waals surface area (Å²) in [5, 5.41) is 6.46. The van der Waals surface area contributed by atoms with Gasteiger partial charge in [-0.2, -0.15) is 0 Å². The van der Waals surface area contributed by atoms with E-state index in [1.165, 1.54) is 0 Å². The van der Waals surface area contributed by atoms with Gasteiger partial charge in [-0.25, -0.2) is 0 Å². The highest BCUT2D eigenvalue weighted by Crippen LogP contribution is 2.33. The van der Waals surface area contributed by atoms with E-state index >= 15 is 0 Å². The highest BCUT2D eigenvalue weighted by atomic mass is 16.5. The molecule has 5 rings (SSSR count). The average molecular weight is 559 g/mol. The van der Waals surface area contributed by atoms with E-state index in [2.05, 4.69) is 50.7 Å². The lowest BCUT2D eigenvalue weighted by molar-refractivity contribution is 0.0336. The molecular weight excluding hydrogens is 516 g/mol. The summed E-state index contributed by atoms with van der Waals surface area (Å²) in [5.41, 5.74) is 7.60. The predicted octanol–water partition coefficient (Wildman–Crippen LogP) is 3.31. The van der Waals surface area contributed by atoms with Gasteiger partial charge in [-0.1, -0.05) is 6.07 Å². The van der Waals surface area contributed by atoms with Crippen molar-refractivity contribution in [2.75, 3.05) is 51.3 Å². The van der Waals surface area contributed by atoms with Gasteiger partial charge in [0.15, 0.2) is 0 Å². The first-order valence-electron chi connectivity index (χ1n) is 14.6. The monoisotopic (exact) mass is 558 g/mol. The number of benzene rings is 1. The van der Waals surface area contributed by atoms with Crippen LogP contribution in [0.5, 0.6) is 0 Å². The minimum absolute atomic E-state index is 0.164. The van der Waals surface area contributed by atoms with Crippen molar-refractivity contribution in [1.29, 1.82) is 0 Å². The molecule has 4 heterocycles. The summed E-state index contributed by atoms with van der Waals surface area (Å²) in [7, 11) is 2.13. The van der Waals surface area contributed by atoms with Crippen LogP contribution in [-0.4, -0.2) is 73.3 Å². The molecule has 0 spiro atoms. The third-order valence-electron chi connectivity index (χ3n) is 8.43. The Morgan fingerprint density at radius 3 is 2.54 bits per heavy atom. The number of nitrogens with one attached hydrogen (secondary N) is 3. The second kappa shape index (κ2) is 13.0. The third-order valence-corrected chi connectivity index (χ3v) is 8.43. The number of rotatable bonds is 8. The molecule has 9 nitrogen and oxygen atoms in total. The Morgan fingerprint density at radius 2 is 1.85 bits per heavy atom. The zero-order valence-electron chi connectivity index (χ0n) is 24.7. The lowest BCUT2D eigenvalue weighted by atomic mass is 9.95. The number of aromatic amines is 1. The second-order valence-electron chi connectivity index (χ2n) is 11.3. The van der Waals surface area contributed by atoms with Crippen LogP contribution in [-0.2, 0) is 17.8 Å². The molecule has 0 atom stereocenters. The van der Waals surface area contributed by atoms with Gasteiger partial charge in [-0.15, -0.1) is 0 Å². The van der Waals surface area contributed by atoms with Crippen LogP contribution in [0.1, 0.15) is 51.3 Å². The number of H-pyrrole nitrogens is 1. The number of ether oxygens (including phenoxy) is 1. The Kier molecular flexibility index (Phi) is 9.17. The van der Waals surface area contributed by atoms with E-state index in [9.17, 15) is 9.59 Å². The van der Waals surface area contributed by atoms with Crippen molar-refractivity contribution < 1.29 is 9.53 Å².